The third-order valence-corrected chi connectivity index (χ3v) is 3.67. The molecule has 2 aromatic carbocycles. The average Bonchev–Trinajstić information content (AvgIpc) is 2.49. The number of hydrogen-bond donors (Lipinski definition) is 1. The van der Waals surface area contributed by atoms with Crippen molar-refractivity contribution < 1.29 is 9.47 Å². The van der Waals surface area contributed by atoms with Gasteiger partial charge in [-0.3, -0.25) is 0 Å². The highest BCUT2D eigenvalue weighted by molar-refractivity contribution is 6.31. The molecule has 0 amide bonds. The molecule has 2 aromatic rings. The van der Waals surface area contributed by atoms with E-state index in [0.29, 0.717) is 11.6 Å². The van der Waals surface area contributed by atoms with Gasteiger partial charge in [0.2, 0.25) is 0 Å². The molecule has 0 bridgehead atoms. The SMILES string of the molecule is COc1ccc(C(OCc2ccccc2Cl)C(C)N)cc1. The van der Waals surface area contributed by atoms with E-state index < -0.39 is 0 Å². The van der Waals surface area contributed by atoms with Gasteiger partial charge in [-0.05, 0) is 36.2 Å². The molecule has 0 saturated heterocycles. The first-order chi connectivity index (χ1) is 10.1. The number of rotatable bonds is 6. The summed E-state index contributed by atoms with van der Waals surface area (Å²) in [5.41, 5.74) is 8.03. The van der Waals surface area contributed by atoms with Crippen LogP contribution in [0.15, 0.2) is 48.5 Å². The molecule has 0 aromatic heterocycles. The highest BCUT2D eigenvalue weighted by Crippen LogP contribution is 2.25. The van der Waals surface area contributed by atoms with Crippen LogP contribution in [0.5, 0.6) is 5.75 Å². The second-order valence-electron chi connectivity index (χ2n) is 4.96. The Morgan fingerprint density at radius 2 is 1.76 bits per heavy atom. The van der Waals surface area contributed by atoms with E-state index in [-0.39, 0.29) is 12.1 Å². The number of methoxy groups -OCH3 is 1. The number of halogens is 1. The third kappa shape index (κ3) is 4.21. The zero-order valence-electron chi connectivity index (χ0n) is 12.3. The second kappa shape index (κ2) is 7.46. The Kier molecular flexibility index (Phi) is 5.62. The van der Waals surface area contributed by atoms with Crippen LogP contribution in [0.3, 0.4) is 0 Å². The van der Waals surface area contributed by atoms with Crippen molar-refractivity contribution in [2.24, 2.45) is 5.73 Å². The summed E-state index contributed by atoms with van der Waals surface area (Å²) in [6.07, 6.45) is -0.188. The maximum atomic E-state index is 6.15. The van der Waals surface area contributed by atoms with Gasteiger partial charge in [0.05, 0.1) is 19.8 Å². The van der Waals surface area contributed by atoms with Gasteiger partial charge in [-0.25, -0.2) is 0 Å². The van der Waals surface area contributed by atoms with E-state index in [0.717, 1.165) is 16.9 Å². The standard InChI is InChI=1S/C17H20ClNO2/c1-12(19)17(13-7-9-15(20-2)10-8-13)21-11-14-5-3-4-6-16(14)18/h3-10,12,17H,11,19H2,1-2H3. The molecule has 2 unspecified atom stereocenters. The number of benzene rings is 2. The van der Waals surface area contributed by atoms with E-state index in [9.17, 15) is 0 Å². The van der Waals surface area contributed by atoms with Crippen molar-refractivity contribution in [1.82, 2.24) is 0 Å². The monoisotopic (exact) mass is 305 g/mol. The molecule has 112 valence electrons. The summed E-state index contributed by atoms with van der Waals surface area (Å²) in [6.45, 7) is 2.36. The van der Waals surface area contributed by atoms with Gasteiger partial charge < -0.3 is 15.2 Å². The van der Waals surface area contributed by atoms with Crippen LogP contribution in [0.2, 0.25) is 5.02 Å². The summed E-state index contributed by atoms with van der Waals surface area (Å²) in [7, 11) is 1.64. The van der Waals surface area contributed by atoms with Crippen LogP contribution >= 0.6 is 11.6 Å². The molecule has 4 heteroatoms. The summed E-state index contributed by atoms with van der Waals surface area (Å²) in [5, 5.41) is 0.704. The van der Waals surface area contributed by atoms with Crippen molar-refractivity contribution in [3.05, 3.63) is 64.7 Å². The Hall–Kier alpha value is -1.55. The van der Waals surface area contributed by atoms with E-state index >= 15 is 0 Å². The minimum atomic E-state index is -0.188. The van der Waals surface area contributed by atoms with Crippen LogP contribution in [0.4, 0.5) is 0 Å². The molecule has 2 rings (SSSR count). The Bertz CT molecular complexity index is 569. The van der Waals surface area contributed by atoms with Gasteiger partial charge in [0.15, 0.2) is 0 Å². The number of nitrogens with two attached hydrogens (primary N) is 1. The highest BCUT2D eigenvalue weighted by atomic mass is 35.5. The lowest BCUT2D eigenvalue weighted by Crippen LogP contribution is -2.27. The fourth-order valence-corrected chi connectivity index (χ4v) is 2.33. The molecule has 0 aliphatic heterocycles. The van der Waals surface area contributed by atoms with E-state index in [1.54, 1.807) is 7.11 Å². The summed E-state index contributed by atoms with van der Waals surface area (Å²) < 4.78 is 11.1. The second-order valence-corrected chi connectivity index (χ2v) is 5.36. The molecular formula is C17H20ClNO2. The fourth-order valence-electron chi connectivity index (χ4n) is 2.14. The Balaban J connectivity index is 2.10. The van der Waals surface area contributed by atoms with Crippen LogP contribution in [0.1, 0.15) is 24.2 Å². The summed E-state index contributed by atoms with van der Waals surface area (Å²) >= 11 is 6.15. The highest BCUT2D eigenvalue weighted by Gasteiger charge is 2.17. The summed E-state index contributed by atoms with van der Waals surface area (Å²) in [4.78, 5) is 0. The van der Waals surface area contributed by atoms with Gasteiger partial charge in [-0.1, -0.05) is 41.9 Å². The molecule has 0 heterocycles. The zero-order valence-corrected chi connectivity index (χ0v) is 13.0. The van der Waals surface area contributed by atoms with Crippen molar-refractivity contribution >= 4 is 11.6 Å². The maximum absolute atomic E-state index is 6.15. The van der Waals surface area contributed by atoms with Crippen LogP contribution < -0.4 is 10.5 Å². The molecule has 0 aliphatic carbocycles. The molecule has 3 nitrogen and oxygen atoms in total. The lowest BCUT2D eigenvalue weighted by molar-refractivity contribution is 0.0259. The normalized spacial score (nSPS) is 13.7. The van der Waals surface area contributed by atoms with Crippen molar-refractivity contribution in [2.45, 2.75) is 25.7 Å². The van der Waals surface area contributed by atoms with Crippen molar-refractivity contribution in [1.29, 1.82) is 0 Å². The molecule has 0 saturated carbocycles. The molecule has 0 aliphatic rings. The summed E-state index contributed by atoms with van der Waals surface area (Å²) in [5.74, 6) is 0.813. The molecule has 2 atom stereocenters. The van der Waals surface area contributed by atoms with E-state index in [4.69, 9.17) is 26.8 Å². The van der Waals surface area contributed by atoms with Gasteiger partial charge in [0.1, 0.15) is 5.75 Å². The van der Waals surface area contributed by atoms with Crippen LogP contribution in [-0.4, -0.2) is 13.2 Å². The lowest BCUT2D eigenvalue weighted by atomic mass is 10.0. The lowest BCUT2D eigenvalue weighted by Gasteiger charge is -2.22. The first-order valence-electron chi connectivity index (χ1n) is 6.86. The predicted octanol–water partition coefficient (Wildman–Crippen LogP) is 3.95. The molecule has 0 spiro atoms. The smallest absolute Gasteiger partial charge is 0.118 e. The van der Waals surface area contributed by atoms with E-state index in [2.05, 4.69) is 0 Å². The van der Waals surface area contributed by atoms with Gasteiger partial charge in [0, 0.05) is 11.1 Å². The Labute approximate surface area is 130 Å². The third-order valence-electron chi connectivity index (χ3n) is 3.30. The Morgan fingerprint density at radius 1 is 1.10 bits per heavy atom. The van der Waals surface area contributed by atoms with E-state index in [1.807, 2.05) is 55.5 Å². The van der Waals surface area contributed by atoms with Gasteiger partial charge in [-0.2, -0.15) is 0 Å². The molecule has 2 N–H and O–H groups in total. The number of hydrogen-bond acceptors (Lipinski definition) is 3. The van der Waals surface area contributed by atoms with Crippen molar-refractivity contribution in [2.75, 3.05) is 7.11 Å². The topological polar surface area (TPSA) is 44.5 Å². The summed E-state index contributed by atoms with van der Waals surface area (Å²) in [6, 6.07) is 15.3. The first kappa shape index (κ1) is 15.8. The molecule has 0 radical (unpaired) electrons. The molecule has 0 fully saturated rings. The average molecular weight is 306 g/mol. The zero-order chi connectivity index (χ0) is 15.2. The van der Waals surface area contributed by atoms with Gasteiger partial charge in [0.25, 0.3) is 0 Å². The van der Waals surface area contributed by atoms with Gasteiger partial charge in [-0.15, -0.1) is 0 Å². The number of ether oxygens (including phenoxy) is 2. The Morgan fingerprint density at radius 3 is 2.33 bits per heavy atom. The van der Waals surface area contributed by atoms with Crippen LogP contribution in [0.25, 0.3) is 0 Å². The van der Waals surface area contributed by atoms with Gasteiger partial charge >= 0.3 is 0 Å². The van der Waals surface area contributed by atoms with Crippen molar-refractivity contribution in [3.8, 4) is 5.75 Å². The minimum absolute atomic E-state index is 0.124. The molecular weight excluding hydrogens is 286 g/mol. The van der Waals surface area contributed by atoms with E-state index in [1.165, 1.54) is 0 Å². The fraction of sp³-hybridized carbons (Fsp3) is 0.294. The quantitative estimate of drug-likeness (QED) is 0.878. The van der Waals surface area contributed by atoms with Crippen LogP contribution in [0, 0.1) is 0 Å². The maximum Gasteiger partial charge on any atom is 0.118 e. The molecule has 21 heavy (non-hydrogen) atoms. The minimum Gasteiger partial charge on any atom is -0.497 e. The first-order valence-corrected chi connectivity index (χ1v) is 7.24. The predicted molar refractivity (Wildman–Crippen MR) is 85.6 cm³/mol. The van der Waals surface area contributed by atoms with Crippen LogP contribution in [-0.2, 0) is 11.3 Å². The van der Waals surface area contributed by atoms with Crippen molar-refractivity contribution in [3.63, 3.8) is 0 Å². The largest absolute Gasteiger partial charge is 0.497 e.